The molecule has 0 radical (unpaired) electrons. The maximum atomic E-state index is 12.5. The summed E-state index contributed by atoms with van der Waals surface area (Å²) in [5.41, 5.74) is 5.35. The summed E-state index contributed by atoms with van der Waals surface area (Å²) in [6.07, 6.45) is 1.82. The molecule has 0 aliphatic rings. The number of Topliss-reactive ketones (excluding diaryl/α,β-unsaturated/α-hetero) is 1. The normalized spacial score (nSPS) is 11.1. The molecule has 2 heterocycles. The maximum absolute atomic E-state index is 12.5. The fourth-order valence-electron chi connectivity index (χ4n) is 4.42. The van der Waals surface area contributed by atoms with Gasteiger partial charge in [-0.2, -0.15) is 0 Å². The number of aromatic nitrogens is 4. The lowest BCUT2D eigenvalue weighted by Crippen LogP contribution is -2.03. The van der Waals surface area contributed by atoms with Gasteiger partial charge >= 0.3 is 0 Å². The average molecular weight is 467 g/mol. The number of carbonyl (C=O) groups is 1. The predicted octanol–water partition coefficient (Wildman–Crippen LogP) is 5.37. The maximum Gasteiger partial charge on any atom is 0.162 e. The Bertz CT molecular complexity index is 1500. The summed E-state index contributed by atoms with van der Waals surface area (Å²) < 4.78 is 15.3. The summed E-state index contributed by atoms with van der Waals surface area (Å²) in [7, 11) is 1.63. The van der Waals surface area contributed by atoms with Gasteiger partial charge in [-0.15, -0.1) is 5.10 Å². The Hall–Kier alpha value is -4.39. The van der Waals surface area contributed by atoms with E-state index < -0.39 is 0 Å². The zero-order valence-corrected chi connectivity index (χ0v) is 19.9. The number of rotatable bonds is 8. The first-order valence-corrected chi connectivity index (χ1v) is 11.4. The van der Waals surface area contributed by atoms with Crippen molar-refractivity contribution >= 4 is 16.7 Å². The van der Waals surface area contributed by atoms with Crippen LogP contribution in [0.2, 0.25) is 0 Å². The minimum atomic E-state index is 0.0382. The van der Waals surface area contributed by atoms with Gasteiger partial charge in [0.25, 0.3) is 0 Å². The lowest BCUT2D eigenvalue weighted by Gasteiger charge is -2.09. The van der Waals surface area contributed by atoms with Crippen molar-refractivity contribution < 1.29 is 14.3 Å². The molecule has 7 heteroatoms. The van der Waals surface area contributed by atoms with Crippen LogP contribution in [-0.2, 0) is 13.2 Å². The number of nitrogens with zero attached hydrogens (tertiary/aromatic N) is 4. The van der Waals surface area contributed by atoms with Crippen LogP contribution in [0.15, 0.2) is 79.0 Å². The number of ketones is 1. The molecule has 35 heavy (non-hydrogen) atoms. The summed E-state index contributed by atoms with van der Waals surface area (Å²) in [5.74, 6) is 1.42. The number of hydrogen-bond donors (Lipinski definition) is 0. The zero-order chi connectivity index (χ0) is 24.4. The van der Waals surface area contributed by atoms with Gasteiger partial charge in [0.1, 0.15) is 29.5 Å². The fraction of sp³-hybridized carbons (Fsp3) is 0.179. The Balaban J connectivity index is 1.41. The van der Waals surface area contributed by atoms with Gasteiger partial charge in [0.15, 0.2) is 5.78 Å². The van der Waals surface area contributed by atoms with Gasteiger partial charge in [-0.3, -0.25) is 4.79 Å². The van der Waals surface area contributed by atoms with Crippen molar-refractivity contribution in [3.63, 3.8) is 0 Å². The number of methoxy groups -OCH3 is 1. The molecule has 0 amide bonds. The molecule has 0 unspecified atom stereocenters. The van der Waals surface area contributed by atoms with Crippen molar-refractivity contribution in [1.82, 2.24) is 19.6 Å². The van der Waals surface area contributed by atoms with E-state index in [2.05, 4.69) is 27.0 Å². The number of para-hydroxylation sites is 2. The molecule has 0 spiro atoms. The van der Waals surface area contributed by atoms with Crippen molar-refractivity contribution in [3.8, 4) is 17.2 Å². The van der Waals surface area contributed by atoms with Crippen LogP contribution in [-0.4, -0.2) is 32.5 Å². The van der Waals surface area contributed by atoms with Crippen LogP contribution < -0.4 is 9.47 Å². The Kier molecular flexibility index (Phi) is 6.06. The molecule has 0 aliphatic carbocycles. The van der Waals surface area contributed by atoms with Crippen molar-refractivity contribution in [2.24, 2.45) is 0 Å². The molecule has 0 N–H and O–H groups in total. The average Bonchev–Trinajstić information content (AvgIpc) is 3.45. The first-order valence-electron chi connectivity index (χ1n) is 11.4. The first kappa shape index (κ1) is 22.4. The van der Waals surface area contributed by atoms with E-state index in [4.69, 9.17) is 9.47 Å². The second kappa shape index (κ2) is 9.46. The zero-order valence-electron chi connectivity index (χ0n) is 19.9. The lowest BCUT2D eigenvalue weighted by atomic mass is 10.1. The fourth-order valence-corrected chi connectivity index (χ4v) is 4.42. The van der Waals surface area contributed by atoms with Gasteiger partial charge in [-0.25, -0.2) is 4.68 Å². The van der Waals surface area contributed by atoms with E-state index in [1.54, 1.807) is 18.7 Å². The Morgan fingerprint density at radius 3 is 2.54 bits per heavy atom. The third-order valence-corrected chi connectivity index (χ3v) is 6.09. The highest BCUT2D eigenvalue weighted by Gasteiger charge is 2.18. The monoisotopic (exact) mass is 466 g/mol. The highest BCUT2D eigenvalue weighted by atomic mass is 16.5. The molecule has 3 aromatic carbocycles. The Morgan fingerprint density at radius 1 is 1.00 bits per heavy atom. The van der Waals surface area contributed by atoms with Crippen LogP contribution in [0.3, 0.4) is 0 Å². The third kappa shape index (κ3) is 4.40. The summed E-state index contributed by atoms with van der Waals surface area (Å²) in [5, 5.41) is 9.33. The van der Waals surface area contributed by atoms with Crippen molar-refractivity contribution in [2.45, 2.75) is 27.0 Å². The molecule has 0 aliphatic heterocycles. The molecule has 0 atom stereocenters. The SMILES string of the molecule is COc1ccccc1-n1cc(COc2ccc3c(c2)c(C(C)=O)c(C)n3Cc2ccccc2)nn1. The molecule has 0 saturated heterocycles. The molecule has 0 fully saturated rings. The number of ether oxygens (including phenoxy) is 2. The summed E-state index contributed by atoms with van der Waals surface area (Å²) >= 11 is 0. The molecular weight excluding hydrogens is 440 g/mol. The van der Waals surface area contributed by atoms with E-state index in [1.165, 1.54) is 5.56 Å². The number of carbonyl (C=O) groups excluding carboxylic acids is 1. The van der Waals surface area contributed by atoms with Crippen LogP contribution >= 0.6 is 0 Å². The van der Waals surface area contributed by atoms with Gasteiger partial charge in [-0.05, 0) is 49.7 Å². The van der Waals surface area contributed by atoms with E-state index in [0.29, 0.717) is 23.7 Å². The van der Waals surface area contributed by atoms with Crippen molar-refractivity contribution in [3.05, 3.63) is 102 Å². The third-order valence-electron chi connectivity index (χ3n) is 6.09. The molecule has 5 aromatic rings. The van der Waals surface area contributed by atoms with Gasteiger partial charge < -0.3 is 14.0 Å². The highest BCUT2D eigenvalue weighted by molar-refractivity contribution is 6.08. The lowest BCUT2D eigenvalue weighted by molar-refractivity contribution is 0.101. The van der Waals surface area contributed by atoms with Gasteiger partial charge in [0, 0.05) is 28.7 Å². The van der Waals surface area contributed by atoms with E-state index in [9.17, 15) is 4.79 Å². The molecule has 0 bridgehead atoms. The Labute approximate surface area is 203 Å². The Morgan fingerprint density at radius 2 is 1.77 bits per heavy atom. The van der Waals surface area contributed by atoms with Gasteiger partial charge in [0.2, 0.25) is 0 Å². The van der Waals surface area contributed by atoms with Crippen LogP contribution in [0.25, 0.3) is 16.6 Å². The van der Waals surface area contributed by atoms with Crippen molar-refractivity contribution in [2.75, 3.05) is 7.11 Å². The molecule has 0 saturated carbocycles. The molecule has 176 valence electrons. The summed E-state index contributed by atoms with van der Waals surface area (Å²) in [6.45, 7) is 4.55. The number of hydrogen-bond acceptors (Lipinski definition) is 5. The number of benzene rings is 3. The largest absolute Gasteiger partial charge is 0.494 e. The molecule has 2 aromatic heterocycles. The standard InChI is InChI=1S/C28H26N4O3/c1-19-28(20(2)33)24-15-23(13-14-25(24)31(19)16-21-9-5-4-6-10-21)35-18-22-17-32(30-29-22)26-11-7-8-12-27(26)34-3/h4-15,17H,16,18H2,1-3H3. The molecular formula is C28H26N4O3. The topological polar surface area (TPSA) is 71.2 Å². The molecule has 7 nitrogen and oxygen atoms in total. The summed E-state index contributed by atoms with van der Waals surface area (Å²) in [4.78, 5) is 12.5. The second-order valence-electron chi connectivity index (χ2n) is 8.38. The first-order chi connectivity index (χ1) is 17.0. The van der Waals surface area contributed by atoms with Crippen molar-refractivity contribution in [1.29, 1.82) is 0 Å². The highest BCUT2D eigenvalue weighted by Crippen LogP contribution is 2.31. The second-order valence-corrected chi connectivity index (χ2v) is 8.38. The molecule has 5 rings (SSSR count). The van der Waals surface area contributed by atoms with Crippen LogP contribution in [0.5, 0.6) is 11.5 Å². The van der Waals surface area contributed by atoms with Crippen LogP contribution in [0.4, 0.5) is 0 Å². The van der Waals surface area contributed by atoms with E-state index in [-0.39, 0.29) is 12.4 Å². The van der Waals surface area contributed by atoms with E-state index in [0.717, 1.165) is 27.8 Å². The van der Waals surface area contributed by atoms with Gasteiger partial charge in [-0.1, -0.05) is 47.7 Å². The van der Waals surface area contributed by atoms with E-state index >= 15 is 0 Å². The predicted molar refractivity (Wildman–Crippen MR) is 134 cm³/mol. The van der Waals surface area contributed by atoms with E-state index in [1.807, 2.05) is 73.8 Å². The summed E-state index contributed by atoms with van der Waals surface area (Å²) in [6, 6.07) is 23.7. The quantitative estimate of drug-likeness (QED) is 0.288. The smallest absolute Gasteiger partial charge is 0.162 e. The van der Waals surface area contributed by atoms with Gasteiger partial charge in [0.05, 0.1) is 13.3 Å². The minimum absolute atomic E-state index is 0.0382. The van der Waals surface area contributed by atoms with Crippen LogP contribution in [0.1, 0.15) is 34.2 Å². The van der Waals surface area contributed by atoms with Crippen LogP contribution in [0, 0.1) is 6.92 Å². The minimum Gasteiger partial charge on any atom is -0.494 e. The number of fused-ring (bicyclic) bond motifs is 1.